The van der Waals surface area contributed by atoms with Gasteiger partial charge in [-0.1, -0.05) is 37.2 Å². The van der Waals surface area contributed by atoms with E-state index in [9.17, 15) is 9.59 Å². The molecule has 9 heteroatoms. The van der Waals surface area contributed by atoms with Crippen molar-refractivity contribution in [1.82, 2.24) is 14.6 Å². The van der Waals surface area contributed by atoms with E-state index in [0.29, 0.717) is 40.0 Å². The number of carbonyl (C=O) groups is 1. The van der Waals surface area contributed by atoms with E-state index in [0.717, 1.165) is 36.1 Å². The van der Waals surface area contributed by atoms with E-state index < -0.39 is 5.97 Å². The molecule has 0 bridgehead atoms. The number of rotatable bonds is 10. The molecule has 8 nitrogen and oxygen atoms in total. The molecule has 0 aliphatic heterocycles. The van der Waals surface area contributed by atoms with Gasteiger partial charge in [-0.05, 0) is 61.4 Å². The van der Waals surface area contributed by atoms with Crippen molar-refractivity contribution in [2.24, 2.45) is 0 Å². The zero-order valence-electron chi connectivity index (χ0n) is 19.9. The highest BCUT2D eigenvalue weighted by Gasteiger charge is 2.13. The van der Waals surface area contributed by atoms with Crippen molar-refractivity contribution in [3.63, 3.8) is 0 Å². The van der Waals surface area contributed by atoms with Gasteiger partial charge in [-0.2, -0.15) is 9.50 Å². The Balaban J connectivity index is 1.57. The van der Waals surface area contributed by atoms with E-state index in [4.69, 9.17) is 14.2 Å². The minimum absolute atomic E-state index is 0.248. The molecule has 0 atom stereocenters. The Kier molecular flexibility index (Phi) is 7.77. The van der Waals surface area contributed by atoms with Crippen molar-refractivity contribution in [3.05, 3.63) is 62.9 Å². The molecule has 182 valence electrons. The second-order valence-electron chi connectivity index (χ2n) is 7.86. The number of nitrogens with zero attached hydrogens (tertiary/aromatic N) is 3. The third-order valence-electron chi connectivity index (χ3n) is 5.13. The minimum Gasteiger partial charge on any atom is -0.494 e. The van der Waals surface area contributed by atoms with Gasteiger partial charge in [0.15, 0.2) is 17.3 Å². The fourth-order valence-corrected chi connectivity index (χ4v) is 4.38. The summed E-state index contributed by atoms with van der Waals surface area (Å²) in [7, 11) is 0. The number of hydrogen-bond donors (Lipinski definition) is 0. The van der Waals surface area contributed by atoms with E-state index in [-0.39, 0.29) is 5.56 Å². The van der Waals surface area contributed by atoms with Gasteiger partial charge in [-0.3, -0.25) is 9.59 Å². The maximum Gasteiger partial charge on any atom is 0.308 e. The lowest BCUT2D eigenvalue weighted by molar-refractivity contribution is -0.132. The van der Waals surface area contributed by atoms with Crippen LogP contribution in [-0.2, 0) is 4.79 Å². The zero-order chi connectivity index (χ0) is 24.8. The summed E-state index contributed by atoms with van der Waals surface area (Å²) in [5.41, 5.74) is 1.30. The number of benzene rings is 2. The van der Waals surface area contributed by atoms with Gasteiger partial charge in [0.05, 0.1) is 17.7 Å². The Bertz CT molecular complexity index is 1430. The molecular weight excluding hydrogens is 466 g/mol. The highest BCUT2D eigenvalue weighted by atomic mass is 32.1. The van der Waals surface area contributed by atoms with Crippen LogP contribution in [0.1, 0.15) is 45.6 Å². The van der Waals surface area contributed by atoms with Crippen molar-refractivity contribution in [1.29, 1.82) is 0 Å². The second kappa shape index (κ2) is 11.1. The number of aromatic nitrogens is 3. The molecule has 0 N–H and O–H groups in total. The summed E-state index contributed by atoms with van der Waals surface area (Å²) in [6.07, 6.45) is 5.08. The summed E-state index contributed by atoms with van der Waals surface area (Å²) in [4.78, 5) is 29.3. The van der Waals surface area contributed by atoms with Crippen LogP contribution in [0.15, 0.2) is 47.3 Å². The van der Waals surface area contributed by atoms with E-state index in [1.165, 1.54) is 22.8 Å². The van der Waals surface area contributed by atoms with Crippen molar-refractivity contribution in [2.75, 3.05) is 13.2 Å². The normalized spacial score (nSPS) is 11.7. The predicted molar refractivity (Wildman–Crippen MR) is 135 cm³/mol. The predicted octanol–water partition coefficient (Wildman–Crippen LogP) is 4.26. The van der Waals surface area contributed by atoms with Crippen LogP contribution in [0, 0.1) is 0 Å². The van der Waals surface area contributed by atoms with Gasteiger partial charge in [-0.25, -0.2) is 0 Å². The van der Waals surface area contributed by atoms with E-state index >= 15 is 0 Å². The first-order valence-electron chi connectivity index (χ1n) is 11.6. The molecule has 4 aromatic rings. The first-order chi connectivity index (χ1) is 17.0. The molecule has 0 fully saturated rings. The van der Waals surface area contributed by atoms with E-state index in [2.05, 4.69) is 17.0 Å². The molecule has 0 saturated carbocycles. The smallest absolute Gasteiger partial charge is 0.308 e. The van der Waals surface area contributed by atoms with Gasteiger partial charge in [0.1, 0.15) is 5.75 Å². The van der Waals surface area contributed by atoms with Crippen molar-refractivity contribution in [2.45, 2.75) is 40.0 Å². The first kappa shape index (κ1) is 24.4. The molecule has 0 aliphatic rings. The van der Waals surface area contributed by atoms with Crippen LogP contribution in [0.4, 0.5) is 0 Å². The Labute approximate surface area is 206 Å². The molecule has 2 aromatic carbocycles. The van der Waals surface area contributed by atoms with Crippen LogP contribution < -0.4 is 24.3 Å². The van der Waals surface area contributed by atoms with E-state index in [1.54, 1.807) is 24.3 Å². The number of ether oxygens (including phenoxy) is 3. The highest BCUT2D eigenvalue weighted by Crippen LogP contribution is 2.29. The van der Waals surface area contributed by atoms with Crippen LogP contribution in [0.3, 0.4) is 0 Å². The molecule has 35 heavy (non-hydrogen) atoms. The second-order valence-corrected chi connectivity index (χ2v) is 8.87. The number of thiazole rings is 1. The van der Waals surface area contributed by atoms with Gasteiger partial charge < -0.3 is 14.2 Å². The Hall–Kier alpha value is -3.72. The quantitative estimate of drug-likeness (QED) is 0.185. The third kappa shape index (κ3) is 5.86. The maximum atomic E-state index is 12.9. The molecule has 0 unspecified atom stereocenters. The highest BCUT2D eigenvalue weighted by molar-refractivity contribution is 7.15. The third-order valence-corrected chi connectivity index (χ3v) is 6.09. The summed E-state index contributed by atoms with van der Waals surface area (Å²) in [5, 5.41) is 4.42. The number of hydrogen-bond acceptors (Lipinski definition) is 8. The van der Waals surface area contributed by atoms with Gasteiger partial charge in [-0.15, -0.1) is 5.10 Å². The molecular formula is C26H27N3O5S. The average Bonchev–Trinajstić information content (AvgIpc) is 3.38. The molecule has 0 spiro atoms. The number of carbonyl (C=O) groups excluding carboxylic acids is 1. The van der Waals surface area contributed by atoms with Crippen LogP contribution in [0.2, 0.25) is 0 Å². The summed E-state index contributed by atoms with van der Waals surface area (Å²) in [6, 6.07) is 12.7. The Morgan fingerprint density at radius 2 is 1.86 bits per heavy atom. The minimum atomic E-state index is -0.431. The molecule has 0 saturated heterocycles. The number of unbranched alkanes of at least 4 members (excludes halogenated alkanes) is 2. The van der Waals surface area contributed by atoms with Gasteiger partial charge >= 0.3 is 5.97 Å². The lowest BCUT2D eigenvalue weighted by Crippen LogP contribution is -2.23. The molecule has 2 heterocycles. The van der Waals surface area contributed by atoms with Crippen LogP contribution in [-0.4, -0.2) is 33.8 Å². The maximum absolute atomic E-state index is 12.9. The largest absolute Gasteiger partial charge is 0.494 e. The molecule has 0 aliphatic carbocycles. The van der Waals surface area contributed by atoms with Gasteiger partial charge in [0.2, 0.25) is 4.96 Å². The fourth-order valence-electron chi connectivity index (χ4n) is 3.47. The monoisotopic (exact) mass is 493 g/mol. The van der Waals surface area contributed by atoms with Crippen molar-refractivity contribution in [3.8, 4) is 28.6 Å². The van der Waals surface area contributed by atoms with Crippen LogP contribution in [0.5, 0.6) is 17.2 Å². The number of esters is 1. The van der Waals surface area contributed by atoms with Crippen molar-refractivity contribution >= 4 is 28.3 Å². The zero-order valence-corrected chi connectivity index (χ0v) is 20.8. The molecule has 0 amide bonds. The lowest BCUT2D eigenvalue weighted by atomic mass is 10.2. The van der Waals surface area contributed by atoms with Crippen LogP contribution >= 0.6 is 11.3 Å². The fraction of sp³-hybridized carbons (Fsp3) is 0.308. The van der Waals surface area contributed by atoms with Crippen molar-refractivity contribution < 1.29 is 19.0 Å². The summed E-state index contributed by atoms with van der Waals surface area (Å²) in [6.45, 7) is 6.45. The van der Waals surface area contributed by atoms with Gasteiger partial charge in [0, 0.05) is 12.5 Å². The Morgan fingerprint density at radius 1 is 1.06 bits per heavy atom. The van der Waals surface area contributed by atoms with Gasteiger partial charge in [0.25, 0.3) is 5.56 Å². The molecule has 2 aromatic heterocycles. The van der Waals surface area contributed by atoms with Crippen LogP contribution in [0.25, 0.3) is 22.4 Å². The SMILES string of the molecule is CCCCCOc1ccc(-c2nc3s/c(=C/c4ccc(OC(C)=O)c(OCC)c4)c(=O)n3n2)cc1. The summed E-state index contributed by atoms with van der Waals surface area (Å²) >= 11 is 1.26. The Morgan fingerprint density at radius 3 is 2.54 bits per heavy atom. The standard InChI is InChI=1S/C26H27N3O5S/c1-4-6-7-14-33-20-11-9-19(10-12-20)24-27-26-29(28-24)25(31)23(35-26)16-18-8-13-21(34-17(3)30)22(15-18)32-5-2/h8-13,15-16H,4-7,14H2,1-3H3/b23-16+. The summed E-state index contributed by atoms with van der Waals surface area (Å²) in [5.74, 6) is 1.63. The summed E-state index contributed by atoms with van der Waals surface area (Å²) < 4.78 is 18.3. The average molecular weight is 494 g/mol. The van der Waals surface area contributed by atoms with E-state index in [1.807, 2.05) is 31.2 Å². The topological polar surface area (TPSA) is 92.0 Å². The molecule has 0 radical (unpaired) electrons. The lowest BCUT2D eigenvalue weighted by Gasteiger charge is -2.10. The number of fused-ring (bicyclic) bond motifs is 1. The first-order valence-corrected chi connectivity index (χ1v) is 12.4. The molecule has 4 rings (SSSR count).